The zero-order valence-corrected chi connectivity index (χ0v) is 12.8. The third-order valence-corrected chi connectivity index (χ3v) is 6.48. The van der Waals surface area contributed by atoms with Gasteiger partial charge in [-0.2, -0.15) is 0 Å². The van der Waals surface area contributed by atoms with E-state index in [1.807, 2.05) is 0 Å². The summed E-state index contributed by atoms with van der Waals surface area (Å²) in [4.78, 5) is 0. The van der Waals surface area contributed by atoms with Crippen LogP contribution in [0, 0.1) is 29.6 Å². The van der Waals surface area contributed by atoms with Crippen molar-refractivity contribution >= 4 is 0 Å². The Morgan fingerprint density at radius 2 is 1.26 bits per heavy atom. The molecule has 3 fully saturated rings. The second-order valence-corrected chi connectivity index (χ2v) is 7.59. The second kappa shape index (κ2) is 6.46. The van der Waals surface area contributed by atoms with Crippen LogP contribution < -0.4 is 0 Å². The van der Waals surface area contributed by atoms with Gasteiger partial charge in [-0.15, -0.1) is 0 Å². The third-order valence-electron chi connectivity index (χ3n) is 6.48. The van der Waals surface area contributed by atoms with Gasteiger partial charge in [-0.05, 0) is 75.0 Å². The molecule has 0 radical (unpaired) electrons. The molecule has 0 bridgehead atoms. The number of rotatable bonds is 2. The van der Waals surface area contributed by atoms with Gasteiger partial charge in [-0.1, -0.05) is 44.3 Å². The van der Waals surface area contributed by atoms with Gasteiger partial charge in [0.2, 0.25) is 0 Å². The maximum Gasteiger partial charge on any atom is -0.0231 e. The molecule has 0 spiro atoms. The van der Waals surface area contributed by atoms with Crippen molar-refractivity contribution in [2.75, 3.05) is 0 Å². The molecule has 0 N–H and O–H groups in total. The van der Waals surface area contributed by atoms with E-state index in [4.69, 9.17) is 0 Å². The molecule has 0 aliphatic heterocycles. The minimum atomic E-state index is 0.914. The largest absolute Gasteiger partial charge is 0.0914 e. The summed E-state index contributed by atoms with van der Waals surface area (Å²) < 4.78 is 0. The smallest absolute Gasteiger partial charge is 0.0231 e. The Hall–Kier alpha value is -0.260. The van der Waals surface area contributed by atoms with Gasteiger partial charge < -0.3 is 0 Å². The topological polar surface area (TPSA) is 0 Å². The van der Waals surface area contributed by atoms with Crippen LogP contribution in [-0.2, 0) is 0 Å². The van der Waals surface area contributed by atoms with Crippen molar-refractivity contribution in [1.82, 2.24) is 0 Å². The lowest BCUT2D eigenvalue weighted by atomic mass is 9.61. The van der Waals surface area contributed by atoms with Crippen LogP contribution in [0.3, 0.4) is 0 Å². The van der Waals surface area contributed by atoms with Crippen molar-refractivity contribution in [3.8, 4) is 0 Å². The lowest BCUT2D eigenvalue weighted by molar-refractivity contribution is 0.0739. The zero-order valence-electron chi connectivity index (χ0n) is 12.8. The Balaban J connectivity index is 1.54. The minimum Gasteiger partial charge on any atom is -0.0914 e. The van der Waals surface area contributed by atoms with E-state index >= 15 is 0 Å². The van der Waals surface area contributed by atoms with E-state index in [0.717, 1.165) is 29.6 Å². The zero-order chi connectivity index (χ0) is 13.1. The number of hydrogen-bond donors (Lipinski definition) is 0. The molecule has 0 nitrogen and oxygen atoms in total. The molecule has 3 saturated carbocycles. The summed E-state index contributed by atoms with van der Waals surface area (Å²) in [6.45, 7) is 2.19. The Bertz CT molecular complexity index is 297. The van der Waals surface area contributed by atoms with Crippen LogP contribution in [0.5, 0.6) is 0 Å². The Kier molecular flexibility index (Phi) is 4.66. The van der Waals surface area contributed by atoms with Crippen LogP contribution in [0.15, 0.2) is 12.2 Å². The molecule has 0 heteroatoms. The van der Waals surface area contributed by atoms with Crippen LogP contribution in [0.4, 0.5) is 0 Å². The van der Waals surface area contributed by atoms with Crippen molar-refractivity contribution in [2.24, 2.45) is 29.6 Å². The Morgan fingerprint density at radius 3 is 2.00 bits per heavy atom. The quantitative estimate of drug-likeness (QED) is 0.536. The van der Waals surface area contributed by atoms with Crippen LogP contribution in [0.25, 0.3) is 0 Å². The summed E-state index contributed by atoms with van der Waals surface area (Å²) in [5, 5.41) is 0. The maximum atomic E-state index is 2.48. The van der Waals surface area contributed by atoms with Gasteiger partial charge in [0.1, 0.15) is 0 Å². The highest BCUT2D eigenvalue weighted by Crippen LogP contribution is 2.48. The molecule has 3 rings (SSSR count). The summed E-state index contributed by atoms with van der Waals surface area (Å²) in [7, 11) is 0. The van der Waals surface area contributed by atoms with E-state index < -0.39 is 0 Å². The second-order valence-electron chi connectivity index (χ2n) is 7.59. The van der Waals surface area contributed by atoms with Crippen molar-refractivity contribution in [3.63, 3.8) is 0 Å². The molecule has 0 aromatic heterocycles. The van der Waals surface area contributed by atoms with Gasteiger partial charge in [0.05, 0.1) is 0 Å². The molecule has 3 aliphatic carbocycles. The van der Waals surface area contributed by atoms with Gasteiger partial charge in [-0.25, -0.2) is 0 Å². The molecule has 19 heavy (non-hydrogen) atoms. The molecular formula is C19H32. The first-order chi connectivity index (χ1) is 9.36. The fraction of sp³-hybridized carbons (Fsp3) is 0.895. The predicted octanol–water partition coefficient (Wildman–Crippen LogP) is 5.98. The van der Waals surface area contributed by atoms with Gasteiger partial charge in [0.25, 0.3) is 0 Å². The number of hydrogen-bond acceptors (Lipinski definition) is 0. The average molecular weight is 260 g/mol. The molecule has 4 atom stereocenters. The Morgan fingerprint density at radius 1 is 0.632 bits per heavy atom. The van der Waals surface area contributed by atoms with E-state index in [9.17, 15) is 0 Å². The minimum absolute atomic E-state index is 0.914. The normalized spacial score (nSPS) is 41.3. The average Bonchev–Trinajstić information content (AvgIpc) is 2.48. The number of fused-ring (bicyclic) bond motifs is 1. The summed E-state index contributed by atoms with van der Waals surface area (Å²) in [6.07, 6.45) is 21.7. The van der Waals surface area contributed by atoms with Gasteiger partial charge >= 0.3 is 0 Å². The van der Waals surface area contributed by atoms with E-state index in [0.29, 0.717) is 0 Å². The van der Waals surface area contributed by atoms with E-state index in [2.05, 4.69) is 19.1 Å². The van der Waals surface area contributed by atoms with E-state index in [1.165, 1.54) is 38.5 Å². The summed E-state index contributed by atoms with van der Waals surface area (Å²) >= 11 is 0. The lowest BCUT2D eigenvalue weighted by Crippen LogP contribution is -2.33. The van der Waals surface area contributed by atoms with Crippen LogP contribution in [0.2, 0.25) is 0 Å². The first kappa shape index (κ1) is 13.7. The van der Waals surface area contributed by atoms with Gasteiger partial charge in [0.15, 0.2) is 0 Å². The molecule has 0 heterocycles. The highest BCUT2D eigenvalue weighted by atomic mass is 14.4. The molecule has 3 aliphatic rings. The van der Waals surface area contributed by atoms with E-state index in [1.54, 1.807) is 32.1 Å². The molecule has 108 valence electrons. The van der Waals surface area contributed by atoms with Crippen LogP contribution >= 0.6 is 0 Å². The highest BCUT2D eigenvalue weighted by molar-refractivity contribution is 4.94. The number of allylic oxidation sites excluding steroid dienone is 2. The van der Waals surface area contributed by atoms with Crippen molar-refractivity contribution in [1.29, 1.82) is 0 Å². The maximum absolute atomic E-state index is 2.48. The molecular weight excluding hydrogens is 228 g/mol. The molecule has 0 aromatic carbocycles. The monoisotopic (exact) mass is 260 g/mol. The van der Waals surface area contributed by atoms with Gasteiger partial charge in [0, 0.05) is 0 Å². The fourth-order valence-electron chi connectivity index (χ4n) is 5.44. The predicted molar refractivity (Wildman–Crippen MR) is 83.1 cm³/mol. The lowest BCUT2D eigenvalue weighted by Gasteiger charge is -2.44. The summed E-state index contributed by atoms with van der Waals surface area (Å²) in [5.74, 6) is 5.32. The molecule has 0 aromatic rings. The standard InChI is InChI=1S/C19H32/c1-2-6-15-9-10-19-14-18(12-11-17(19)13-15)16-7-4-3-5-8-16/h2,6,15-19H,3-5,7-14H2,1H3/b6-2+. The molecule has 0 amide bonds. The molecule has 0 saturated heterocycles. The SMILES string of the molecule is C/C=C/C1CCC2CC(C3CCCCC3)CCC2C1. The van der Waals surface area contributed by atoms with Crippen molar-refractivity contribution < 1.29 is 0 Å². The van der Waals surface area contributed by atoms with Gasteiger partial charge in [-0.3, -0.25) is 0 Å². The summed E-state index contributed by atoms with van der Waals surface area (Å²) in [6, 6.07) is 0. The highest BCUT2D eigenvalue weighted by Gasteiger charge is 2.37. The Labute approximate surface area is 120 Å². The van der Waals surface area contributed by atoms with E-state index in [-0.39, 0.29) is 0 Å². The van der Waals surface area contributed by atoms with Crippen LogP contribution in [0.1, 0.15) is 77.6 Å². The first-order valence-electron chi connectivity index (χ1n) is 8.99. The first-order valence-corrected chi connectivity index (χ1v) is 8.99. The fourth-order valence-corrected chi connectivity index (χ4v) is 5.44. The van der Waals surface area contributed by atoms with Crippen molar-refractivity contribution in [2.45, 2.75) is 77.6 Å². The van der Waals surface area contributed by atoms with Crippen LogP contribution in [-0.4, -0.2) is 0 Å². The van der Waals surface area contributed by atoms with Crippen molar-refractivity contribution in [3.05, 3.63) is 12.2 Å². The molecule has 4 unspecified atom stereocenters. The third kappa shape index (κ3) is 3.26. The summed E-state index contributed by atoms with van der Waals surface area (Å²) in [5.41, 5.74) is 0.